The number of allylic oxidation sites excluding steroid dienone is 2. The maximum atomic E-state index is 10.8. The van der Waals surface area contributed by atoms with Gasteiger partial charge < -0.3 is 0 Å². The molecule has 0 aromatic carbocycles. The van der Waals surface area contributed by atoms with Crippen molar-refractivity contribution >= 4 is 5.78 Å². The van der Waals surface area contributed by atoms with E-state index in [1.54, 1.807) is 0 Å². The fraction of sp³-hybridized carbons (Fsp3) is 0.625. The second kappa shape index (κ2) is 3.44. The molecule has 0 aromatic rings. The van der Waals surface area contributed by atoms with Crippen LogP contribution in [0.25, 0.3) is 0 Å². The van der Waals surface area contributed by atoms with E-state index in [0.717, 1.165) is 32.1 Å². The molecule has 1 aliphatic carbocycles. The molecule has 0 saturated heterocycles. The smallest absolute Gasteiger partial charge is 0.133 e. The standard InChI is InChI=1S/C8H12O/c9-8-6-4-2-1-3-5-7-8/h1-2H,3-7H2/b2-1-. The lowest BCUT2D eigenvalue weighted by Gasteiger charge is -1.99. The highest BCUT2D eigenvalue weighted by molar-refractivity contribution is 5.78. The minimum atomic E-state index is 0.430. The Bertz CT molecular complexity index is 125. The molecule has 9 heavy (non-hydrogen) atoms. The number of carbonyl (C=O) groups is 1. The summed E-state index contributed by atoms with van der Waals surface area (Å²) in [5.74, 6) is 0.430. The number of ketones is 1. The van der Waals surface area contributed by atoms with E-state index in [0.29, 0.717) is 5.78 Å². The van der Waals surface area contributed by atoms with E-state index in [1.165, 1.54) is 0 Å². The highest BCUT2D eigenvalue weighted by Crippen LogP contribution is 2.07. The molecule has 0 heterocycles. The van der Waals surface area contributed by atoms with Gasteiger partial charge in [0.15, 0.2) is 0 Å². The lowest BCUT2D eigenvalue weighted by atomic mass is 10.1. The Morgan fingerprint density at radius 1 is 1.11 bits per heavy atom. The van der Waals surface area contributed by atoms with Crippen molar-refractivity contribution in [2.75, 3.05) is 0 Å². The zero-order valence-corrected chi connectivity index (χ0v) is 5.60. The molecule has 1 heteroatoms. The predicted octanol–water partition coefficient (Wildman–Crippen LogP) is 2.08. The fourth-order valence-electron chi connectivity index (χ4n) is 1.02. The van der Waals surface area contributed by atoms with E-state index >= 15 is 0 Å². The molecule has 1 rings (SSSR count). The van der Waals surface area contributed by atoms with E-state index in [-0.39, 0.29) is 0 Å². The van der Waals surface area contributed by atoms with Crippen molar-refractivity contribution in [3.8, 4) is 0 Å². The van der Waals surface area contributed by atoms with Gasteiger partial charge in [0.05, 0.1) is 0 Å². The number of rotatable bonds is 0. The molecule has 0 N–H and O–H groups in total. The van der Waals surface area contributed by atoms with Gasteiger partial charge in [-0.2, -0.15) is 0 Å². The molecule has 1 nitrogen and oxygen atoms in total. The first kappa shape index (κ1) is 6.53. The van der Waals surface area contributed by atoms with Crippen molar-refractivity contribution in [1.29, 1.82) is 0 Å². The van der Waals surface area contributed by atoms with E-state index < -0.39 is 0 Å². The molecule has 0 aliphatic heterocycles. The molecule has 0 spiro atoms. The highest BCUT2D eigenvalue weighted by atomic mass is 16.1. The summed E-state index contributed by atoms with van der Waals surface area (Å²) in [5.41, 5.74) is 0. The maximum Gasteiger partial charge on any atom is 0.133 e. The van der Waals surface area contributed by atoms with Crippen LogP contribution in [0.4, 0.5) is 0 Å². The number of Topliss-reactive ketones (excluding diaryl/α,β-unsaturated/α-hetero) is 1. The van der Waals surface area contributed by atoms with Crippen LogP contribution in [0.3, 0.4) is 0 Å². The summed E-state index contributed by atoms with van der Waals surface area (Å²) in [4.78, 5) is 10.8. The molecule has 0 aromatic heterocycles. The number of hydrogen-bond acceptors (Lipinski definition) is 1. The van der Waals surface area contributed by atoms with E-state index in [4.69, 9.17) is 0 Å². The summed E-state index contributed by atoms with van der Waals surface area (Å²) in [6.07, 6.45) is 8.93. The van der Waals surface area contributed by atoms with Gasteiger partial charge in [-0.25, -0.2) is 0 Å². The van der Waals surface area contributed by atoms with Crippen LogP contribution in [0.5, 0.6) is 0 Å². The highest BCUT2D eigenvalue weighted by Gasteiger charge is 2.00. The van der Waals surface area contributed by atoms with Gasteiger partial charge in [-0.15, -0.1) is 0 Å². The summed E-state index contributed by atoms with van der Waals surface area (Å²) in [5, 5.41) is 0. The first-order valence-electron chi connectivity index (χ1n) is 3.56. The van der Waals surface area contributed by atoms with E-state index in [2.05, 4.69) is 12.2 Å². The van der Waals surface area contributed by atoms with Gasteiger partial charge in [-0.05, 0) is 19.3 Å². The Morgan fingerprint density at radius 2 is 1.89 bits per heavy atom. The van der Waals surface area contributed by atoms with Gasteiger partial charge in [0.25, 0.3) is 0 Å². The van der Waals surface area contributed by atoms with Crippen molar-refractivity contribution in [3.05, 3.63) is 12.2 Å². The third-order valence-corrected chi connectivity index (χ3v) is 1.58. The average molecular weight is 124 g/mol. The van der Waals surface area contributed by atoms with Gasteiger partial charge in [-0.1, -0.05) is 12.2 Å². The van der Waals surface area contributed by atoms with Gasteiger partial charge in [0.1, 0.15) is 5.78 Å². The number of carbonyl (C=O) groups excluding carboxylic acids is 1. The van der Waals surface area contributed by atoms with E-state index in [1.807, 2.05) is 0 Å². The SMILES string of the molecule is O=C1CC/C=C\CCC1. The normalized spacial score (nSPS) is 24.7. The van der Waals surface area contributed by atoms with Crippen LogP contribution in [0.1, 0.15) is 32.1 Å². The van der Waals surface area contributed by atoms with Crippen molar-refractivity contribution in [2.45, 2.75) is 32.1 Å². The van der Waals surface area contributed by atoms with Crippen LogP contribution in [0.2, 0.25) is 0 Å². The zero-order valence-electron chi connectivity index (χ0n) is 5.60. The Morgan fingerprint density at radius 3 is 2.78 bits per heavy atom. The minimum Gasteiger partial charge on any atom is -0.300 e. The van der Waals surface area contributed by atoms with Gasteiger partial charge >= 0.3 is 0 Å². The molecule has 0 saturated carbocycles. The molecule has 0 bridgehead atoms. The zero-order chi connectivity index (χ0) is 6.53. The van der Waals surface area contributed by atoms with Crippen LogP contribution in [-0.4, -0.2) is 5.78 Å². The minimum absolute atomic E-state index is 0.430. The molecule has 1 aliphatic rings. The molecule has 0 atom stereocenters. The summed E-state index contributed by atoms with van der Waals surface area (Å²) in [7, 11) is 0. The lowest BCUT2D eigenvalue weighted by molar-refractivity contribution is -0.119. The molecular formula is C8H12O. The molecular weight excluding hydrogens is 112 g/mol. The monoisotopic (exact) mass is 124 g/mol. The average Bonchev–Trinajstić information content (AvgIpc) is 1.79. The Labute approximate surface area is 55.8 Å². The number of hydrogen-bond donors (Lipinski definition) is 0. The summed E-state index contributed by atoms with van der Waals surface area (Å²) in [6.45, 7) is 0. The first-order chi connectivity index (χ1) is 4.39. The van der Waals surface area contributed by atoms with Gasteiger partial charge in [-0.3, -0.25) is 4.79 Å². The van der Waals surface area contributed by atoms with Crippen molar-refractivity contribution in [2.24, 2.45) is 0 Å². The summed E-state index contributed by atoms with van der Waals surface area (Å²) < 4.78 is 0. The van der Waals surface area contributed by atoms with Gasteiger partial charge in [0, 0.05) is 12.8 Å². The summed E-state index contributed by atoms with van der Waals surface area (Å²) in [6, 6.07) is 0. The fourth-order valence-corrected chi connectivity index (χ4v) is 1.02. The Balaban J connectivity index is 2.35. The molecule has 0 amide bonds. The molecule has 50 valence electrons. The first-order valence-corrected chi connectivity index (χ1v) is 3.56. The van der Waals surface area contributed by atoms with Gasteiger partial charge in [0.2, 0.25) is 0 Å². The molecule has 0 radical (unpaired) electrons. The lowest BCUT2D eigenvalue weighted by Crippen LogP contribution is -1.97. The van der Waals surface area contributed by atoms with Crippen LogP contribution >= 0.6 is 0 Å². The predicted molar refractivity (Wildman–Crippen MR) is 37.2 cm³/mol. The maximum absolute atomic E-state index is 10.8. The second-order valence-corrected chi connectivity index (χ2v) is 2.44. The molecule has 0 unspecified atom stereocenters. The largest absolute Gasteiger partial charge is 0.300 e. The Kier molecular flexibility index (Phi) is 2.49. The quantitative estimate of drug-likeness (QED) is 0.452. The Hall–Kier alpha value is -0.590. The molecule has 0 fully saturated rings. The topological polar surface area (TPSA) is 17.1 Å². The van der Waals surface area contributed by atoms with Crippen LogP contribution < -0.4 is 0 Å². The summed E-state index contributed by atoms with van der Waals surface area (Å²) >= 11 is 0. The van der Waals surface area contributed by atoms with Crippen LogP contribution in [0.15, 0.2) is 12.2 Å². The third kappa shape index (κ3) is 2.45. The van der Waals surface area contributed by atoms with E-state index in [9.17, 15) is 4.79 Å². The van der Waals surface area contributed by atoms with Crippen molar-refractivity contribution < 1.29 is 4.79 Å². The van der Waals surface area contributed by atoms with Crippen molar-refractivity contribution in [1.82, 2.24) is 0 Å². The van der Waals surface area contributed by atoms with Crippen LogP contribution in [0, 0.1) is 0 Å². The van der Waals surface area contributed by atoms with Crippen molar-refractivity contribution in [3.63, 3.8) is 0 Å². The van der Waals surface area contributed by atoms with Crippen LogP contribution in [-0.2, 0) is 4.79 Å². The third-order valence-electron chi connectivity index (χ3n) is 1.58. The second-order valence-electron chi connectivity index (χ2n) is 2.44.